The number of nitrogens with zero attached hydrogens (tertiary/aromatic N) is 1. The summed E-state index contributed by atoms with van der Waals surface area (Å²) in [5, 5.41) is 14.1. The first-order valence-electron chi connectivity index (χ1n) is 5.71. The first kappa shape index (κ1) is 14.0. The number of benzene rings is 1. The van der Waals surface area contributed by atoms with E-state index in [0.29, 0.717) is 12.1 Å². The lowest BCUT2D eigenvalue weighted by Crippen LogP contribution is -2.01. The quantitative estimate of drug-likeness (QED) is 0.651. The van der Waals surface area contributed by atoms with Crippen LogP contribution < -0.4 is 5.32 Å². The van der Waals surface area contributed by atoms with Gasteiger partial charge in [0, 0.05) is 38.1 Å². The molecule has 1 aromatic heterocycles. The van der Waals surface area contributed by atoms with Gasteiger partial charge in [-0.15, -0.1) is 11.3 Å². The highest BCUT2D eigenvalue weighted by molar-refractivity contribution is 9.10. The molecule has 0 aliphatic rings. The van der Waals surface area contributed by atoms with E-state index >= 15 is 0 Å². The molecule has 0 saturated heterocycles. The van der Waals surface area contributed by atoms with Crippen molar-refractivity contribution in [1.82, 2.24) is 0 Å². The maximum atomic E-state index is 10.9. The highest BCUT2D eigenvalue weighted by atomic mass is 79.9. The average molecular weight is 341 g/mol. The van der Waals surface area contributed by atoms with E-state index in [1.54, 1.807) is 24.3 Å². The van der Waals surface area contributed by atoms with Gasteiger partial charge in [0.15, 0.2) is 0 Å². The monoisotopic (exact) mass is 340 g/mol. The number of nitrogens with one attached hydrogen (secondary N) is 1. The van der Waals surface area contributed by atoms with Crippen LogP contribution in [0.3, 0.4) is 0 Å². The van der Waals surface area contributed by atoms with Crippen molar-refractivity contribution in [3.8, 4) is 0 Å². The molecule has 2 rings (SSSR count). The van der Waals surface area contributed by atoms with Crippen molar-refractivity contribution in [2.24, 2.45) is 0 Å². The lowest BCUT2D eigenvalue weighted by Gasteiger charge is -2.08. The molecule has 0 aliphatic heterocycles. The summed E-state index contributed by atoms with van der Waals surface area (Å²) in [5.74, 6) is 0. The molecule has 19 heavy (non-hydrogen) atoms. The number of nitro benzene ring substituents is 1. The highest BCUT2D eigenvalue weighted by Crippen LogP contribution is 2.29. The molecule has 0 spiro atoms. The van der Waals surface area contributed by atoms with Crippen LogP contribution in [0.25, 0.3) is 0 Å². The molecular formula is C13H13BrN2O2S. The zero-order valence-corrected chi connectivity index (χ0v) is 13.0. The van der Waals surface area contributed by atoms with Gasteiger partial charge in [0.1, 0.15) is 0 Å². The third-order valence-corrected chi connectivity index (χ3v) is 5.00. The number of nitro groups is 1. The average Bonchev–Trinajstić information content (AvgIpc) is 2.67. The van der Waals surface area contributed by atoms with E-state index in [0.717, 1.165) is 10.2 Å². The van der Waals surface area contributed by atoms with Gasteiger partial charge >= 0.3 is 0 Å². The summed E-state index contributed by atoms with van der Waals surface area (Å²) in [6.07, 6.45) is 0. The zero-order chi connectivity index (χ0) is 14.0. The van der Waals surface area contributed by atoms with Gasteiger partial charge in [-0.2, -0.15) is 0 Å². The number of halogens is 1. The summed E-state index contributed by atoms with van der Waals surface area (Å²) < 4.78 is 1.10. The Morgan fingerprint density at radius 1 is 1.42 bits per heavy atom. The number of aryl methyl sites for hydroxylation is 1. The van der Waals surface area contributed by atoms with Gasteiger partial charge in [-0.1, -0.05) is 6.07 Å². The summed E-state index contributed by atoms with van der Waals surface area (Å²) in [6, 6.07) is 7.15. The van der Waals surface area contributed by atoms with Gasteiger partial charge in [-0.3, -0.25) is 10.1 Å². The first-order valence-corrected chi connectivity index (χ1v) is 7.32. The molecule has 0 unspecified atom stereocenters. The predicted molar refractivity (Wildman–Crippen MR) is 81.9 cm³/mol. The largest absolute Gasteiger partial charge is 0.380 e. The van der Waals surface area contributed by atoms with Crippen LogP contribution in [0.2, 0.25) is 0 Å². The molecule has 0 saturated carbocycles. The molecule has 0 amide bonds. The van der Waals surface area contributed by atoms with E-state index in [1.807, 2.05) is 6.07 Å². The number of anilines is 1. The molecule has 0 aliphatic carbocycles. The van der Waals surface area contributed by atoms with Crippen LogP contribution in [0.1, 0.15) is 15.3 Å². The van der Waals surface area contributed by atoms with E-state index in [2.05, 4.69) is 34.2 Å². The van der Waals surface area contributed by atoms with Crippen molar-refractivity contribution in [1.29, 1.82) is 0 Å². The van der Waals surface area contributed by atoms with E-state index < -0.39 is 0 Å². The molecule has 1 heterocycles. The van der Waals surface area contributed by atoms with Gasteiger partial charge in [0.25, 0.3) is 5.69 Å². The summed E-state index contributed by atoms with van der Waals surface area (Å²) in [6.45, 7) is 4.48. The Kier molecular flexibility index (Phi) is 4.21. The number of hydrogen-bond donors (Lipinski definition) is 1. The second-order valence-electron chi connectivity index (χ2n) is 4.18. The molecule has 6 heteroatoms. The summed E-state index contributed by atoms with van der Waals surface area (Å²) in [5.41, 5.74) is 1.62. The fourth-order valence-corrected chi connectivity index (χ4v) is 3.34. The van der Waals surface area contributed by atoms with Crippen molar-refractivity contribution in [3.63, 3.8) is 0 Å². The van der Waals surface area contributed by atoms with Crippen LogP contribution in [0.4, 0.5) is 11.4 Å². The van der Waals surface area contributed by atoms with Crippen LogP contribution in [0.15, 0.2) is 28.7 Å². The summed E-state index contributed by atoms with van der Waals surface area (Å²) >= 11 is 5.19. The minimum absolute atomic E-state index is 0.147. The van der Waals surface area contributed by atoms with E-state index in [1.165, 1.54) is 15.8 Å². The van der Waals surface area contributed by atoms with Gasteiger partial charge in [-0.25, -0.2) is 0 Å². The maximum absolute atomic E-state index is 10.9. The Hall–Kier alpha value is -1.40. The van der Waals surface area contributed by atoms with Gasteiger partial charge in [0.05, 0.1) is 4.92 Å². The summed E-state index contributed by atoms with van der Waals surface area (Å²) in [7, 11) is 0. The highest BCUT2D eigenvalue weighted by Gasteiger charge is 2.13. The fraction of sp³-hybridized carbons (Fsp3) is 0.231. The lowest BCUT2D eigenvalue weighted by molar-refractivity contribution is -0.385. The minimum atomic E-state index is -0.355. The molecule has 100 valence electrons. The van der Waals surface area contributed by atoms with Crippen molar-refractivity contribution in [3.05, 3.63) is 54.2 Å². The van der Waals surface area contributed by atoms with Crippen LogP contribution in [0.5, 0.6) is 0 Å². The topological polar surface area (TPSA) is 55.2 Å². The standard InChI is InChI=1S/C13H13BrN2O2S/c1-8-12(4-3-5-13(8)16(17)18)15-7-10-6-11(14)9(2)19-10/h3-6,15H,7H2,1-2H3. The predicted octanol–water partition coefficient (Wildman–Crippen LogP) is 4.65. The summed E-state index contributed by atoms with van der Waals surface area (Å²) in [4.78, 5) is 12.9. The smallest absolute Gasteiger partial charge is 0.274 e. The van der Waals surface area contributed by atoms with Gasteiger partial charge in [0.2, 0.25) is 0 Å². The maximum Gasteiger partial charge on any atom is 0.274 e. The van der Waals surface area contributed by atoms with E-state index in [9.17, 15) is 10.1 Å². The third kappa shape index (κ3) is 3.13. The van der Waals surface area contributed by atoms with Crippen molar-refractivity contribution >= 4 is 38.6 Å². The molecule has 2 aromatic rings. The van der Waals surface area contributed by atoms with Crippen LogP contribution in [-0.2, 0) is 6.54 Å². The normalized spacial score (nSPS) is 10.5. The zero-order valence-electron chi connectivity index (χ0n) is 10.6. The van der Waals surface area contributed by atoms with Crippen molar-refractivity contribution in [2.75, 3.05) is 5.32 Å². The SMILES string of the molecule is Cc1sc(CNc2cccc([N+](=O)[O-])c2C)cc1Br. The van der Waals surface area contributed by atoms with Crippen molar-refractivity contribution in [2.45, 2.75) is 20.4 Å². The Labute approximate surface area is 123 Å². The van der Waals surface area contributed by atoms with Crippen LogP contribution >= 0.6 is 27.3 Å². The fourth-order valence-electron chi connectivity index (χ4n) is 1.80. The molecule has 0 atom stereocenters. The number of hydrogen-bond acceptors (Lipinski definition) is 4. The Morgan fingerprint density at radius 2 is 2.16 bits per heavy atom. The molecule has 0 fully saturated rings. The molecule has 1 N–H and O–H groups in total. The van der Waals surface area contributed by atoms with Gasteiger partial charge in [-0.05, 0) is 41.9 Å². The molecule has 0 bridgehead atoms. The van der Waals surface area contributed by atoms with Crippen molar-refractivity contribution < 1.29 is 4.92 Å². The number of thiophene rings is 1. The molecule has 1 aromatic carbocycles. The van der Waals surface area contributed by atoms with E-state index in [4.69, 9.17) is 0 Å². The first-order chi connectivity index (χ1) is 8.99. The third-order valence-electron chi connectivity index (χ3n) is 2.86. The molecule has 4 nitrogen and oxygen atoms in total. The van der Waals surface area contributed by atoms with Crippen LogP contribution in [0, 0.1) is 24.0 Å². The second kappa shape index (κ2) is 5.71. The van der Waals surface area contributed by atoms with Crippen LogP contribution in [-0.4, -0.2) is 4.92 Å². The Morgan fingerprint density at radius 3 is 2.74 bits per heavy atom. The van der Waals surface area contributed by atoms with Gasteiger partial charge < -0.3 is 5.32 Å². The molecular weight excluding hydrogens is 328 g/mol. The lowest BCUT2D eigenvalue weighted by atomic mass is 10.1. The van der Waals surface area contributed by atoms with E-state index in [-0.39, 0.29) is 10.6 Å². The minimum Gasteiger partial charge on any atom is -0.380 e. The Balaban J connectivity index is 2.16. The Bertz CT molecular complexity index is 606. The second-order valence-corrected chi connectivity index (χ2v) is 6.37. The molecule has 0 radical (unpaired) electrons. The number of rotatable bonds is 4.